The van der Waals surface area contributed by atoms with E-state index >= 15 is 0 Å². The van der Waals surface area contributed by atoms with E-state index in [1.54, 1.807) is 0 Å². The summed E-state index contributed by atoms with van der Waals surface area (Å²) in [6, 6.07) is -0.547. The topological polar surface area (TPSA) is 95.9 Å². The van der Waals surface area contributed by atoms with Gasteiger partial charge in [0.15, 0.2) is 0 Å². The molecule has 0 aliphatic carbocycles. The van der Waals surface area contributed by atoms with Gasteiger partial charge in [0.2, 0.25) is 5.91 Å². The van der Waals surface area contributed by atoms with E-state index in [9.17, 15) is 19.8 Å². The first-order chi connectivity index (χ1) is 33.0. The van der Waals surface area contributed by atoms with Crippen molar-refractivity contribution in [3.05, 3.63) is 12.2 Å². The number of amides is 1. The average molecular weight is 947 g/mol. The van der Waals surface area contributed by atoms with Crippen molar-refractivity contribution in [3.63, 3.8) is 0 Å². The lowest BCUT2D eigenvalue weighted by Gasteiger charge is -2.22. The van der Waals surface area contributed by atoms with E-state index in [1.165, 1.54) is 263 Å². The fraction of sp³-hybridized carbons (Fsp3) is 0.934. The normalized spacial score (nSPS) is 12.6. The van der Waals surface area contributed by atoms with Gasteiger partial charge in [-0.1, -0.05) is 296 Å². The molecule has 67 heavy (non-hydrogen) atoms. The summed E-state index contributed by atoms with van der Waals surface area (Å²) in [5.41, 5.74) is 0. The zero-order chi connectivity index (χ0) is 48.6. The zero-order valence-corrected chi connectivity index (χ0v) is 45.4. The first kappa shape index (κ1) is 65.6. The van der Waals surface area contributed by atoms with Gasteiger partial charge in [-0.15, -0.1) is 0 Å². The van der Waals surface area contributed by atoms with Gasteiger partial charge in [0.05, 0.1) is 25.4 Å². The largest absolute Gasteiger partial charge is 0.466 e. The second-order valence-electron chi connectivity index (χ2n) is 21.0. The van der Waals surface area contributed by atoms with E-state index in [4.69, 9.17) is 4.74 Å². The first-order valence-corrected chi connectivity index (χ1v) is 30.4. The van der Waals surface area contributed by atoms with Crippen LogP contribution in [0.15, 0.2) is 12.2 Å². The molecule has 0 aromatic heterocycles. The Balaban J connectivity index is 3.42. The summed E-state index contributed by atoms with van der Waals surface area (Å²) >= 11 is 0. The molecule has 0 spiro atoms. The van der Waals surface area contributed by atoms with E-state index in [1.807, 2.05) is 0 Å². The number of ether oxygens (including phenoxy) is 1. The fourth-order valence-electron chi connectivity index (χ4n) is 9.62. The number of unbranched alkanes of at least 4 members (excludes halogenated alkanes) is 44. The van der Waals surface area contributed by atoms with Crippen LogP contribution in [-0.2, 0) is 14.3 Å². The Morgan fingerprint density at radius 2 is 0.716 bits per heavy atom. The number of carbonyl (C=O) groups is 2. The van der Waals surface area contributed by atoms with Gasteiger partial charge >= 0.3 is 5.97 Å². The van der Waals surface area contributed by atoms with E-state index in [0.717, 1.165) is 44.9 Å². The Labute approximate surface area is 419 Å². The van der Waals surface area contributed by atoms with Crippen LogP contribution in [0.2, 0.25) is 0 Å². The highest BCUT2D eigenvalue weighted by molar-refractivity contribution is 5.76. The lowest BCUT2D eigenvalue weighted by molar-refractivity contribution is -0.143. The molecule has 0 aliphatic rings. The lowest BCUT2D eigenvalue weighted by Crippen LogP contribution is -2.45. The van der Waals surface area contributed by atoms with Crippen molar-refractivity contribution in [2.24, 2.45) is 0 Å². The summed E-state index contributed by atoms with van der Waals surface area (Å²) in [5.74, 6) is -0.0450. The maximum atomic E-state index is 12.5. The molecule has 3 N–H and O–H groups in total. The monoisotopic (exact) mass is 946 g/mol. The number of esters is 1. The van der Waals surface area contributed by atoms with Crippen molar-refractivity contribution < 1.29 is 24.5 Å². The number of allylic oxidation sites excluding steroid dienone is 2. The molecule has 0 radical (unpaired) electrons. The van der Waals surface area contributed by atoms with Crippen LogP contribution in [0.25, 0.3) is 0 Å². The molecule has 2 unspecified atom stereocenters. The molecule has 2 atom stereocenters. The third-order valence-electron chi connectivity index (χ3n) is 14.3. The molecule has 398 valence electrons. The minimum absolute atomic E-state index is 0.00691. The summed E-state index contributed by atoms with van der Waals surface area (Å²) in [6.07, 6.45) is 67.8. The van der Waals surface area contributed by atoms with Gasteiger partial charge in [0, 0.05) is 12.8 Å². The number of carbonyl (C=O) groups excluding carboxylic acids is 2. The SMILES string of the molecule is CCCC/C=C\CCCCCCCC(=O)OCCCCCCCCCCCCCCCCCCC(=O)NC(CO)C(O)CCCCCCCCCCCCCCCCCCCCCCCCC. The summed E-state index contributed by atoms with van der Waals surface area (Å²) in [6.45, 7) is 4.93. The van der Waals surface area contributed by atoms with Crippen LogP contribution >= 0.6 is 0 Å². The van der Waals surface area contributed by atoms with E-state index in [-0.39, 0.29) is 18.5 Å². The van der Waals surface area contributed by atoms with Crippen molar-refractivity contribution in [2.45, 2.75) is 353 Å². The van der Waals surface area contributed by atoms with Crippen molar-refractivity contribution >= 4 is 11.9 Å². The van der Waals surface area contributed by atoms with Gasteiger partial charge in [-0.2, -0.15) is 0 Å². The highest BCUT2D eigenvalue weighted by Gasteiger charge is 2.20. The first-order valence-electron chi connectivity index (χ1n) is 30.4. The van der Waals surface area contributed by atoms with Gasteiger partial charge in [-0.3, -0.25) is 9.59 Å². The van der Waals surface area contributed by atoms with Gasteiger partial charge < -0.3 is 20.3 Å². The quantitative estimate of drug-likeness (QED) is 0.0321. The summed E-state index contributed by atoms with van der Waals surface area (Å²) in [7, 11) is 0. The minimum atomic E-state index is -0.669. The predicted molar refractivity (Wildman–Crippen MR) is 292 cm³/mol. The lowest BCUT2D eigenvalue weighted by atomic mass is 10.0. The number of hydrogen-bond donors (Lipinski definition) is 3. The van der Waals surface area contributed by atoms with Crippen LogP contribution in [0.4, 0.5) is 0 Å². The standard InChI is InChI=1S/C61H119NO5/c1-3-5-7-9-11-13-15-16-17-18-19-20-21-22-23-24-27-30-34-37-41-45-49-53-59(64)58(57-63)62-60(65)54-50-46-42-38-35-31-28-25-26-29-32-36-40-44-48-52-56-67-61(66)55-51-47-43-39-33-14-12-10-8-6-4-2/h10,12,58-59,63-64H,3-9,11,13-57H2,1-2H3,(H,62,65)/b12-10-. The Bertz CT molecular complexity index is 1000. The second-order valence-corrected chi connectivity index (χ2v) is 21.0. The Kier molecular flexibility index (Phi) is 56.0. The van der Waals surface area contributed by atoms with Gasteiger partial charge in [-0.25, -0.2) is 0 Å². The number of hydrogen-bond acceptors (Lipinski definition) is 5. The number of nitrogens with one attached hydrogen (secondary N) is 1. The maximum Gasteiger partial charge on any atom is 0.305 e. The molecule has 6 heteroatoms. The van der Waals surface area contributed by atoms with Crippen LogP contribution in [0, 0.1) is 0 Å². The van der Waals surface area contributed by atoms with E-state index in [2.05, 4.69) is 31.3 Å². The summed E-state index contributed by atoms with van der Waals surface area (Å²) < 4.78 is 5.45. The highest BCUT2D eigenvalue weighted by Crippen LogP contribution is 2.18. The molecule has 0 aromatic carbocycles. The highest BCUT2D eigenvalue weighted by atomic mass is 16.5. The number of rotatable bonds is 57. The van der Waals surface area contributed by atoms with E-state index < -0.39 is 12.1 Å². The van der Waals surface area contributed by atoms with Crippen LogP contribution in [0.3, 0.4) is 0 Å². The smallest absolute Gasteiger partial charge is 0.305 e. The summed E-state index contributed by atoms with van der Waals surface area (Å²) in [4.78, 5) is 24.5. The van der Waals surface area contributed by atoms with E-state index in [0.29, 0.717) is 25.9 Å². The molecule has 0 bridgehead atoms. The molecular weight excluding hydrogens is 827 g/mol. The molecule has 1 amide bonds. The minimum Gasteiger partial charge on any atom is -0.466 e. The maximum absolute atomic E-state index is 12.5. The van der Waals surface area contributed by atoms with Crippen LogP contribution in [-0.4, -0.2) is 47.4 Å². The molecular formula is C61H119NO5. The third kappa shape index (κ3) is 53.8. The molecule has 0 saturated heterocycles. The molecule has 0 rings (SSSR count). The Hall–Kier alpha value is -1.40. The molecule has 0 saturated carbocycles. The third-order valence-corrected chi connectivity index (χ3v) is 14.3. The predicted octanol–water partition coefficient (Wildman–Crippen LogP) is 18.9. The number of aliphatic hydroxyl groups is 2. The van der Waals surface area contributed by atoms with Crippen molar-refractivity contribution in [1.29, 1.82) is 0 Å². The second kappa shape index (κ2) is 57.2. The number of aliphatic hydroxyl groups excluding tert-OH is 2. The molecule has 0 aliphatic heterocycles. The van der Waals surface area contributed by atoms with Crippen molar-refractivity contribution in [2.75, 3.05) is 13.2 Å². The zero-order valence-electron chi connectivity index (χ0n) is 45.4. The van der Waals surface area contributed by atoms with Crippen LogP contribution in [0.5, 0.6) is 0 Å². The molecule has 6 nitrogen and oxygen atoms in total. The van der Waals surface area contributed by atoms with Gasteiger partial charge in [0.25, 0.3) is 0 Å². The fourth-order valence-corrected chi connectivity index (χ4v) is 9.62. The van der Waals surface area contributed by atoms with Crippen molar-refractivity contribution in [3.8, 4) is 0 Å². The van der Waals surface area contributed by atoms with Gasteiger partial charge in [0.1, 0.15) is 0 Å². The Morgan fingerprint density at radius 3 is 1.10 bits per heavy atom. The molecule has 0 heterocycles. The average Bonchev–Trinajstić information content (AvgIpc) is 3.33. The molecule has 0 aromatic rings. The van der Waals surface area contributed by atoms with Crippen LogP contribution < -0.4 is 5.32 Å². The summed E-state index contributed by atoms with van der Waals surface area (Å²) in [5, 5.41) is 23.4. The van der Waals surface area contributed by atoms with Gasteiger partial charge in [-0.05, 0) is 44.9 Å². The van der Waals surface area contributed by atoms with Crippen molar-refractivity contribution in [1.82, 2.24) is 5.32 Å². The van der Waals surface area contributed by atoms with Crippen LogP contribution in [0.1, 0.15) is 341 Å². The molecule has 0 fully saturated rings. The Morgan fingerprint density at radius 1 is 0.403 bits per heavy atom.